The van der Waals surface area contributed by atoms with Crippen molar-refractivity contribution in [3.8, 4) is 0 Å². The van der Waals surface area contributed by atoms with E-state index in [1.165, 1.54) is 24.2 Å². The second-order valence-corrected chi connectivity index (χ2v) is 47.1. The smallest absolute Gasteiger partial charge is 0.146 e. The zero-order chi connectivity index (χ0) is 23.0. The molecular weight excluding hydrogens is 616 g/mol. The minimum absolute atomic E-state index is 0.942. The summed E-state index contributed by atoms with van der Waals surface area (Å²) in [5.41, 5.74) is 0. The van der Waals surface area contributed by atoms with Gasteiger partial charge in [-0.15, -0.1) is 88.6 Å². The van der Waals surface area contributed by atoms with Gasteiger partial charge in [0.25, 0.3) is 0 Å². The first kappa shape index (κ1) is 32.4. The number of halogens is 8. The average molecular weight is 653 g/mol. The quantitative estimate of drug-likeness (QED) is 0.115. The van der Waals surface area contributed by atoms with Crippen molar-refractivity contribution in [3.63, 3.8) is 0 Å². The van der Waals surface area contributed by atoms with Crippen LogP contribution in [0.4, 0.5) is 0 Å². The molecule has 0 nitrogen and oxygen atoms in total. The number of hydrogen-bond donors (Lipinski definition) is 0. The summed E-state index contributed by atoms with van der Waals surface area (Å²) >= 11 is 51.1. The summed E-state index contributed by atoms with van der Waals surface area (Å²) < 4.78 is 0. The van der Waals surface area contributed by atoms with Crippen molar-refractivity contribution in [2.45, 2.75) is 100 Å². The molecule has 0 heterocycles. The second kappa shape index (κ2) is 14.1. The molecular formula is C16H36Cl8Si5. The number of rotatable bonds is 16. The van der Waals surface area contributed by atoms with Crippen molar-refractivity contribution in [3.05, 3.63) is 0 Å². The minimum atomic E-state index is -2.08. The molecule has 0 bridgehead atoms. The van der Waals surface area contributed by atoms with Gasteiger partial charge in [-0.25, -0.2) is 0 Å². The van der Waals surface area contributed by atoms with Gasteiger partial charge in [-0.2, -0.15) is 0 Å². The van der Waals surface area contributed by atoms with Crippen molar-refractivity contribution in [2.24, 2.45) is 0 Å². The first-order valence-corrected chi connectivity index (χ1v) is 32.1. The predicted molar refractivity (Wildman–Crippen MR) is 156 cm³/mol. The lowest BCUT2D eigenvalue weighted by atomic mass is 10.5. The second-order valence-electron chi connectivity index (χ2n) is 9.20. The molecule has 0 atom stereocenters. The lowest BCUT2D eigenvalue weighted by Crippen LogP contribution is -2.35. The molecule has 0 saturated heterocycles. The van der Waals surface area contributed by atoms with Crippen LogP contribution in [0.3, 0.4) is 0 Å². The van der Waals surface area contributed by atoms with Crippen LogP contribution in [0.5, 0.6) is 0 Å². The molecule has 0 aromatic carbocycles. The molecule has 0 aromatic rings. The topological polar surface area (TPSA) is 0 Å². The van der Waals surface area contributed by atoms with Crippen molar-refractivity contribution in [1.29, 1.82) is 0 Å². The Morgan fingerprint density at radius 3 is 0.655 bits per heavy atom. The van der Waals surface area contributed by atoms with E-state index in [4.69, 9.17) is 88.6 Å². The molecule has 13 heteroatoms. The van der Waals surface area contributed by atoms with Crippen LogP contribution in [0.15, 0.2) is 0 Å². The van der Waals surface area contributed by atoms with Crippen LogP contribution in [-0.4, -0.2) is 34.8 Å². The van der Waals surface area contributed by atoms with Crippen molar-refractivity contribution < 1.29 is 0 Å². The highest BCUT2D eigenvalue weighted by molar-refractivity contribution is 7.46. The van der Waals surface area contributed by atoms with E-state index in [0.717, 1.165) is 49.9 Å². The molecule has 0 aliphatic heterocycles. The van der Waals surface area contributed by atoms with E-state index in [0.29, 0.717) is 0 Å². The summed E-state index contributed by atoms with van der Waals surface area (Å²) in [6.45, 7) is -0.290. The largest absolute Gasteiger partial charge is 0.248 e. The van der Waals surface area contributed by atoms with E-state index in [9.17, 15) is 0 Å². The van der Waals surface area contributed by atoms with Crippen LogP contribution in [0.25, 0.3) is 0 Å². The molecule has 0 aliphatic carbocycles. The molecule has 29 heavy (non-hydrogen) atoms. The van der Waals surface area contributed by atoms with E-state index in [2.05, 4.69) is 0 Å². The van der Waals surface area contributed by atoms with Gasteiger partial charge in [-0.05, 0) is 50.4 Å². The Kier molecular flexibility index (Phi) is 15.7. The van der Waals surface area contributed by atoms with E-state index in [1.807, 2.05) is 26.2 Å². The fourth-order valence-electron chi connectivity index (χ4n) is 3.85. The molecule has 0 aromatic heterocycles. The molecule has 0 rings (SSSR count). The Labute approximate surface area is 221 Å². The predicted octanol–water partition coefficient (Wildman–Crippen LogP) is 11.2. The molecule has 176 valence electrons. The van der Waals surface area contributed by atoms with E-state index < -0.39 is 34.8 Å². The molecule has 0 aliphatic rings. The molecule has 0 spiro atoms. The number of hydrogen-bond acceptors (Lipinski definition) is 0. The fraction of sp³-hybridized carbons (Fsp3) is 1.00. The highest BCUT2D eigenvalue weighted by Crippen LogP contribution is 2.39. The Morgan fingerprint density at radius 2 is 0.517 bits per heavy atom. The minimum Gasteiger partial charge on any atom is -0.146 e. The molecule has 0 saturated carbocycles. The van der Waals surface area contributed by atoms with Crippen molar-refractivity contribution in [2.75, 3.05) is 0 Å². The Hall–Kier alpha value is 3.40. The summed E-state index contributed by atoms with van der Waals surface area (Å²) in [6.07, 6.45) is 4.41. The lowest BCUT2D eigenvalue weighted by Gasteiger charge is -2.34. The first-order chi connectivity index (χ1) is 12.8. The maximum atomic E-state index is 6.39. The van der Waals surface area contributed by atoms with E-state index >= 15 is 0 Å². The third-order valence-electron chi connectivity index (χ3n) is 5.29. The average Bonchev–Trinajstić information content (AvgIpc) is 2.41. The van der Waals surface area contributed by atoms with Gasteiger partial charge in [-0.3, -0.25) is 0 Å². The molecule has 0 radical (unpaired) electrons. The molecule has 0 N–H and O–H groups in total. The molecule has 0 amide bonds. The first-order valence-electron chi connectivity index (χ1n) is 10.3. The third kappa shape index (κ3) is 21.7. The van der Waals surface area contributed by atoms with Gasteiger partial charge in [0.2, 0.25) is 26.8 Å². The van der Waals surface area contributed by atoms with Gasteiger partial charge in [-0.1, -0.05) is 49.9 Å². The summed E-state index contributed by atoms with van der Waals surface area (Å²) in [5.74, 6) is 0. The van der Waals surface area contributed by atoms with Crippen LogP contribution in [0.1, 0.15) is 25.7 Å². The summed E-state index contributed by atoms with van der Waals surface area (Å²) in [4.78, 5) is 0. The van der Waals surface area contributed by atoms with Crippen LogP contribution in [-0.2, 0) is 0 Å². The lowest BCUT2D eigenvalue weighted by molar-refractivity contribution is 0.871. The summed E-state index contributed by atoms with van der Waals surface area (Å²) in [6, 6.07) is 8.73. The summed E-state index contributed by atoms with van der Waals surface area (Å²) in [5, 5.41) is 0. The maximum absolute atomic E-state index is 6.39. The van der Waals surface area contributed by atoms with Gasteiger partial charge < -0.3 is 0 Å². The van der Waals surface area contributed by atoms with Gasteiger partial charge in [0, 0.05) is 0 Å². The van der Waals surface area contributed by atoms with Crippen LogP contribution < -0.4 is 0 Å². The fourth-order valence-corrected chi connectivity index (χ4v) is 16.9. The zero-order valence-corrected chi connectivity index (χ0v) is 29.1. The SMILES string of the molecule is C[Si](Cl)(Cl)CCC[Si](CCC[Si](C)(Cl)Cl)(CCC[Si](C)(Cl)Cl)CCC[Si](C)(Cl)Cl. The van der Waals surface area contributed by atoms with E-state index in [-0.39, 0.29) is 0 Å². The molecule has 0 unspecified atom stereocenters. The van der Waals surface area contributed by atoms with Gasteiger partial charge in [0.15, 0.2) is 0 Å². The van der Waals surface area contributed by atoms with Crippen LogP contribution >= 0.6 is 88.6 Å². The highest BCUT2D eigenvalue weighted by Gasteiger charge is 2.35. The van der Waals surface area contributed by atoms with Crippen molar-refractivity contribution >= 4 is 123 Å². The van der Waals surface area contributed by atoms with Crippen LogP contribution in [0, 0.1) is 0 Å². The Balaban J connectivity index is 5.26. The monoisotopic (exact) mass is 648 g/mol. The highest BCUT2D eigenvalue weighted by atomic mass is 35.7. The van der Waals surface area contributed by atoms with Crippen molar-refractivity contribution in [1.82, 2.24) is 0 Å². The normalized spacial score (nSPS) is 14.5. The third-order valence-corrected chi connectivity index (χ3v) is 20.4. The van der Waals surface area contributed by atoms with Gasteiger partial charge in [0.1, 0.15) is 0 Å². The van der Waals surface area contributed by atoms with Gasteiger partial charge in [0.05, 0.1) is 8.07 Å². The maximum Gasteiger partial charge on any atom is 0.248 e. The standard InChI is InChI=1S/C16H36Cl8Si5/c1-25(17,18)9-5-13-29(14-6-10-26(2,19)20,15-7-11-27(3,21)22)16-8-12-28(4,23)24/h5-16H2,1-4H3. The Bertz CT molecular complexity index is 369. The Morgan fingerprint density at radius 1 is 0.345 bits per heavy atom. The van der Waals surface area contributed by atoms with Gasteiger partial charge >= 0.3 is 0 Å². The zero-order valence-electron chi connectivity index (χ0n) is 18.0. The van der Waals surface area contributed by atoms with Crippen LogP contribution in [0.2, 0.25) is 74.5 Å². The molecule has 0 fully saturated rings. The van der Waals surface area contributed by atoms with E-state index in [1.54, 1.807) is 0 Å². The summed E-state index contributed by atoms with van der Waals surface area (Å²) in [7, 11) is -1.57.